The highest BCUT2D eigenvalue weighted by Gasteiger charge is 2.53. The molecule has 4 aromatic carbocycles. The molecule has 8 heteroatoms. The zero-order valence-electron chi connectivity index (χ0n) is 28.7. The highest BCUT2D eigenvalue weighted by Crippen LogP contribution is 2.43. The summed E-state index contributed by atoms with van der Waals surface area (Å²) in [4.78, 5) is 12.6. The van der Waals surface area contributed by atoms with Crippen molar-refractivity contribution in [1.29, 1.82) is 0 Å². The first-order valence-electron chi connectivity index (χ1n) is 16.6. The minimum atomic E-state index is -2.50. The summed E-state index contributed by atoms with van der Waals surface area (Å²) in [5.74, 6) is -0.502. The van der Waals surface area contributed by atoms with Crippen LogP contribution >= 0.6 is 0 Å². The molecule has 0 amide bonds. The maximum atomic E-state index is 12.6. The Kier molecular flexibility index (Phi) is 11.4. The van der Waals surface area contributed by atoms with Gasteiger partial charge < -0.3 is 28.5 Å². The highest BCUT2D eigenvalue weighted by molar-refractivity contribution is 6.74. The van der Waals surface area contributed by atoms with Gasteiger partial charge in [0.25, 0.3) is 0 Å². The number of hydrogen-bond acceptors (Lipinski definition) is 7. The van der Waals surface area contributed by atoms with E-state index in [1.807, 2.05) is 84.9 Å². The molecule has 48 heavy (non-hydrogen) atoms. The van der Waals surface area contributed by atoms with Crippen molar-refractivity contribution >= 4 is 14.3 Å². The van der Waals surface area contributed by atoms with Crippen LogP contribution in [-0.2, 0) is 40.4 Å². The highest BCUT2D eigenvalue weighted by atomic mass is 28.4. The Labute approximate surface area is 285 Å². The lowest BCUT2D eigenvalue weighted by atomic mass is 9.80. The number of hydrogen-bond donors (Lipinski definition) is 1. The molecule has 5 atom stereocenters. The topological polar surface area (TPSA) is 83.5 Å². The molecular weight excluding hydrogens is 621 g/mol. The van der Waals surface area contributed by atoms with Gasteiger partial charge in [0.1, 0.15) is 23.9 Å². The minimum absolute atomic E-state index is 0.0121. The van der Waals surface area contributed by atoms with E-state index in [1.54, 1.807) is 0 Å². The zero-order chi connectivity index (χ0) is 34.4. The average Bonchev–Trinajstić information content (AvgIpc) is 3.07. The maximum absolute atomic E-state index is 12.6. The summed E-state index contributed by atoms with van der Waals surface area (Å²) in [5.41, 5.74) is 2.68. The Hall–Kier alpha value is -3.63. The number of benzene rings is 4. The predicted octanol–water partition coefficient (Wildman–Crippen LogP) is 7.62. The van der Waals surface area contributed by atoms with Crippen LogP contribution < -0.4 is 0 Å². The standard InChI is InChI=1S/C40H48O7Si/c1-29(41)45-36-35(47-48(5,6)39(2,3)4)34(46-38(42)37(36)43-27-30-19-11-7-12-20-30)28-44-40(31-21-13-8-14-22-31,32-23-15-9-16-24-32)33-25-17-10-18-26-33/h7-26,34-38,42H,27-28H2,1-6H3/t34-,35-,36+,37-,38+/m1/s1. The van der Waals surface area contributed by atoms with Crippen molar-refractivity contribution < 1.29 is 33.3 Å². The van der Waals surface area contributed by atoms with Crippen molar-refractivity contribution in [2.45, 2.75) is 88.7 Å². The van der Waals surface area contributed by atoms with Crippen molar-refractivity contribution in [2.75, 3.05) is 6.61 Å². The molecule has 0 aliphatic carbocycles. The number of rotatable bonds is 12. The normalized spacial score (nSPS) is 21.9. The van der Waals surface area contributed by atoms with E-state index in [0.717, 1.165) is 22.3 Å². The van der Waals surface area contributed by atoms with Crippen LogP contribution in [0.1, 0.15) is 49.9 Å². The van der Waals surface area contributed by atoms with Crippen LogP contribution in [0.2, 0.25) is 18.1 Å². The van der Waals surface area contributed by atoms with Crippen molar-refractivity contribution in [3.05, 3.63) is 144 Å². The summed E-state index contributed by atoms with van der Waals surface area (Å²) >= 11 is 0. The third-order valence-corrected chi connectivity index (χ3v) is 13.9. The van der Waals surface area contributed by atoms with Gasteiger partial charge in [-0.15, -0.1) is 0 Å². The molecule has 5 rings (SSSR count). The number of carbonyl (C=O) groups excluding carboxylic acids is 1. The molecule has 1 N–H and O–H groups in total. The molecule has 0 aromatic heterocycles. The Balaban J connectivity index is 1.57. The summed E-state index contributed by atoms with van der Waals surface area (Å²) in [6.07, 6.45) is -4.98. The molecule has 0 radical (unpaired) electrons. The lowest BCUT2D eigenvalue weighted by Crippen LogP contribution is -2.64. The van der Waals surface area contributed by atoms with E-state index in [4.69, 9.17) is 23.4 Å². The van der Waals surface area contributed by atoms with Gasteiger partial charge in [0, 0.05) is 6.92 Å². The monoisotopic (exact) mass is 668 g/mol. The largest absolute Gasteiger partial charge is 0.457 e. The third-order valence-electron chi connectivity index (χ3n) is 9.44. The van der Waals surface area contributed by atoms with Gasteiger partial charge in [-0.25, -0.2) is 0 Å². The molecule has 1 aliphatic rings. The molecule has 1 saturated heterocycles. The summed E-state index contributed by atoms with van der Waals surface area (Å²) < 4.78 is 32.8. The number of esters is 1. The van der Waals surface area contributed by atoms with Crippen LogP contribution in [0, 0.1) is 0 Å². The second kappa shape index (κ2) is 15.3. The van der Waals surface area contributed by atoms with Gasteiger partial charge in [-0.3, -0.25) is 4.79 Å². The van der Waals surface area contributed by atoms with Crippen LogP contribution in [0.4, 0.5) is 0 Å². The quantitative estimate of drug-likeness (QED) is 0.0945. The predicted molar refractivity (Wildman–Crippen MR) is 189 cm³/mol. The molecule has 0 bridgehead atoms. The maximum Gasteiger partial charge on any atom is 0.303 e. The van der Waals surface area contributed by atoms with Gasteiger partial charge in [-0.2, -0.15) is 0 Å². The van der Waals surface area contributed by atoms with Crippen molar-refractivity contribution in [3.8, 4) is 0 Å². The van der Waals surface area contributed by atoms with Gasteiger partial charge in [0.05, 0.1) is 13.2 Å². The zero-order valence-corrected chi connectivity index (χ0v) is 29.7. The fourth-order valence-electron chi connectivity index (χ4n) is 5.93. The van der Waals surface area contributed by atoms with Gasteiger partial charge >= 0.3 is 5.97 Å². The third kappa shape index (κ3) is 7.97. The van der Waals surface area contributed by atoms with Crippen LogP contribution in [0.25, 0.3) is 0 Å². The van der Waals surface area contributed by atoms with Crippen molar-refractivity contribution in [1.82, 2.24) is 0 Å². The summed E-state index contributed by atoms with van der Waals surface area (Å²) in [7, 11) is -2.50. The van der Waals surface area contributed by atoms with Crippen LogP contribution in [0.3, 0.4) is 0 Å². The van der Waals surface area contributed by atoms with E-state index in [9.17, 15) is 9.90 Å². The van der Waals surface area contributed by atoms with Gasteiger partial charge in [0.2, 0.25) is 0 Å². The molecule has 4 aromatic rings. The fourth-order valence-corrected chi connectivity index (χ4v) is 7.25. The van der Waals surface area contributed by atoms with E-state index in [2.05, 4.69) is 70.3 Å². The molecular formula is C40H48O7Si. The van der Waals surface area contributed by atoms with Crippen LogP contribution in [-0.4, -0.2) is 56.7 Å². The van der Waals surface area contributed by atoms with Crippen molar-refractivity contribution in [3.63, 3.8) is 0 Å². The molecule has 7 nitrogen and oxygen atoms in total. The van der Waals surface area contributed by atoms with E-state index >= 15 is 0 Å². The molecule has 254 valence electrons. The molecule has 1 fully saturated rings. The van der Waals surface area contributed by atoms with E-state index in [-0.39, 0.29) is 18.3 Å². The van der Waals surface area contributed by atoms with Gasteiger partial charge in [-0.1, -0.05) is 142 Å². The average molecular weight is 669 g/mol. The minimum Gasteiger partial charge on any atom is -0.457 e. The lowest BCUT2D eigenvalue weighted by molar-refractivity contribution is -0.302. The number of aliphatic hydroxyl groups is 1. The van der Waals surface area contributed by atoms with Gasteiger partial charge in [0.15, 0.2) is 20.7 Å². The Morgan fingerprint density at radius 2 is 1.19 bits per heavy atom. The van der Waals surface area contributed by atoms with E-state index < -0.39 is 50.6 Å². The number of carbonyl (C=O) groups is 1. The molecule has 0 unspecified atom stereocenters. The van der Waals surface area contributed by atoms with Crippen LogP contribution in [0.15, 0.2) is 121 Å². The molecule has 1 aliphatic heterocycles. The molecule has 1 heterocycles. The first kappa shape index (κ1) is 35.7. The van der Waals surface area contributed by atoms with Crippen LogP contribution in [0.5, 0.6) is 0 Å². The second-order valence-corrected chi connectivity index (χ2v) is 18.6. The van der Waals surface area contributed by atoms with Crippen molar-refractivity contribution in [2.24, 2.45) is 0 Å². The van der Waals surface area contributed by atoms with E-state index in [1.165, 1.54) is 6.92 Å². The Bertz CT molecular complexity index is 1480. The van der Waals surface area contributed by atoms with E-state index in [0.29, 0.717) is 0 Å². The summed E-state index contributed by atoms with van der Waals surface area (Å²) in [6.45, 7) is 12.3. The summed E-state index contributed by atoms with van der Waals surface area (Å²) in [6, 6.07) is 39.9. The Morgan fingerprint density at radius 3 is 1.62 bits per heavy atom. The first-order valence-corrected chi connectivity index (χ1v) is 19.5. The SMILES string of the molecule is CC(=O)O[C@@H]1[C@@H](OCc2ccccc2)[C@@H](O)O[C@H](COC(c2ccccc2)(c2ccccc2)c2ccccc2)[C@H]1O[Si](C)(C)C(C)(C)C. The fraction of sp³-hybridized carbons (Fsp3) is 0.375. The number of ether oxygens (including phenoxy) is 4. The molecule has 0 saturated carbocycles. The number of aliphatic hydroxyl groups excluding tert-OH is 1. The smallest absolute Gasteiger partial charge is 0.303 e. The second-order valence-electron chi connectivity index (χ2n) is 13.8. The molecule has 0 spiro atoms. The Morgan fingerprint density at radius 1 is 0.729 bits per heavy atom. The summed E-state index contributed by atoms with van der Waals surface area (Å²) in [5, 5.41) is 11.3. The first-order chi connectivity index (χ1) is 22.9. The van der Waals surface area contributed by atoms with Gasteiger partial charge in [-0.05, 0) is 40.4 Å². The lowest BCUT2D eigenvalue weighted by Gasteiger charge is -2.49.